The van der Waals surface area contributed by atoms with Gasteiger partial charge in [0.25, 0.3) is 0 Å². The molecule has 23 heteroatoms. The van der Waals surface area contributed by atoms with E-state index in [1.807, 2.05) is 0 Å². The van der Waals surface area contributed by atoms with Gasteiger partial charge in [0.05, 0.1) is 0 Å². The van der Waals surface area contributed by atoms with Gasteiger partial charge in [0.15, 0.2) is 42.9 Å². The van der Waals surface area contributed by atoms with Crippen molar-refractivity contribution in [3.63, 3.8) is 0 Å². The van der Waals surface area contributed by atoms with E-state index in [9.17, 15) is 38.1 Å². The molecule has 2 heterocycles. The van der Waals surface area contributed by atoms with Crippen molar-refractivity contribution >= 4 is 49.7 Å². The SMILES string of the molecule is CC(=O)OC[C@@H]1O[C@H](OP(=O)(Oc2ccccc2)Oc2ccccc2)[C@@H](O[C@H]2O[C@H](COC(C)=O)[C@@H](OC(C)=O)[C@H](OC(N)=O)[C@@H]2OC(C)=O)[C@@H](OC(C)=O)[C@@H]1OC(C)=O. The third-order valence-electron chi connectivity index (χ3n) is 7.99. The number of carbonyl (C=O) groups is 7. The maximum absolute atomic E-state index is 14.8. The summed E-state index contributed by atoms with van der Waals surface area (Å²) in [4.78, 5) is 86.4. The first-order valence-corrected chi connectivity index (χ1v) is 19.5. The quantitative estimate of drug-likeness (QED) is 0.136. The predicted molar refractivity (Wildman–Crippen MR) is 195 cm³/mol. The minimum atomic E-state index is -5.01. The summed E-state index contributed by atoms with van der Waals surface area (Å²) in [6.45, 7) is 4.67. The van der Waals surface area contributed by atoms with Gasteiger partial charge in [-0.2, -0.15) is 0 Å². The van der Waals surface area contributed by atoms with Crippen LogP contribution in [0.1, 0.15) is 41.5 Å². The number of hydrogen-bond acceptors (Lipinski definition) is 21. The maximum Gasteiger partial charge on any atom is 0.590 e. The molecule has 0 bridgehead atoms. The molecule has 0 unspecified atom stereocenters. The summed E-state index contributed by atoms with van der Waals surface area (Å²) in [6, 6.07) is 15.2. The van der Waals surface area contributed by atoms with E-state index in [4.69, 9.17) is 66.7 Å². The van der Waals surface area contributed by atoms with Gasteiger partial charge in [-0.25, -0.2) is 13.9 Å². The molecule has 2 saturated heterocycles. The van der Waals surface area contributed by atoms with E-state index in [-0.39, 0.29) is 11.5 Å². The molecule has 2 N–H and O–H groups in total. The Bertz CT molecular complexity index is 1830. The third-order valence-corrected chi connectivity index (χ3v) is 9.32. The molecule has 4 rings (SSSR count). The summed E-state index contributed by atoms with van der Waals surface area (Å²) in [6.07, 6.45) is -19.8. The monoisotopic (exact) mass is 869 g/mol. The number of amides is 1. The summed E-state index contributed by atoms with van der Waals surface area (Å²) in [5, 5.41) is 0. The number of hydrogen-bond donors (Lipinski definition) is 1. The van der Waals surface area contributed by atoms with Crippen molar-refractivity contribution in [2.24, 2.45) is 5.73 Å². The normalized spacial score (nSPS) is 26.2. The molecule has 2 aliphatic rings. The highest BCUT2D eigenvalue weighted by Gasteiger charge is 2.59. The van der Waals surface area contributed by atoms with Crippen molar-refractivity contribution in [1.29, 1.82) is 0 Å². The van der Waals surface area contributed by atoms with E-state index in [1.165, 1.54) is 24.3 Å². The molecule has 2 aromatic carbocycles. The van der Waals surface area contributed by atoms with Gasteiger partial charge in [0.2, 0.25) is 6.29 Å². The first-order chi connectivity index (χ1) is 28.3. The standard InChI is InChI=1S/C37H44NO21P/c1-19(39)47-17-27-30(50-22(4)42)32(56-37(38)45)33(52-24(6)44)35(53-27)55-34-31(51-23(5)43)29(49-21(3)41)28(18-48-20(2)40)54-36(34)59-60(46,57-25-13-9-7-10-14-25)58-26-15-11-8-12-16-26/h7-16,27-36H,17-18H2,1-6H3,(H2,38,45)/t27-,28+,29-,30-,31+,32+,33+,34+,35-,36-/m1/s1. The lowest BCUT2D eigenvalue weighted by atomic mass is 9.96. The highest BCUT2D eigenvalue weighted by Crippen LogP contribution is 2.52. The van der Waals surface area contributed by atoms with Gasteiger partial charge in [-0.15, -0.1) is 0 Å². The number of rotatable bonds is 17. The van der Waals surface area contributed by atoms with Gasteiger partial charge in [-0.1, -0.05) is 36.4 Å². The Kier molecular flexibility index (Phi) is 16.8. The molecule has 10 atom stereocenters. The molecule has 0 radical (unpaired) electrons. The fourth-order valence-electron chi connectivity index (χ4n) is 5.91. The highest BCUT2D eigenvalue weighted by molar-refractivity contribution is 7.49. The number of ether oxygens (including phenoxy) is 10. The van der Waals surface area contributed by atoms with E-state index < -0.39 is 124 Å². The molecular formula is C37H44NO21P. The van der Waals surface area contributed by atoms with E-state index in [2.05, 4.69) is 0 Å². The number of phosphoric ester groups is 1. The van der Waals surface area contributed by atoms with Crippen LogP contribution in [0.2, 0.25) is 0 Å². The molecule has 22 nitrogen and oxygen atoms in total. The Balaban J connectivity index is 1.92. The third kappa shape index (κ3) is 13.9. The van der Waals surface area contributed by atoms with Crippen molar-refractivity contribution < 1.29 is 99.1 Å². The van der Waals surface area contributed by atoms with Crippen LogP contribution in [0, 0.1) is 0 Å². The summed E-state index contributed by atoms with van der Waals surface area (Å²) >= 11 is 0. The van der Waals surface area contributed by atoms with Crippen LogP contribution in [-0.4, -0.2) is 117 Å². The lowest BCUT2D eigenvalue weighted by molar-refractivity contribution is -0.359. The Hall–Kier alpha value is -5.80. The van der Waals surface area contributed by atoms with Gasteiger partial charge < -0.3 is 62.1 Å². The van der Waals surface area contributed by atoms with Crippen LogP contribution in [0.15, 0.2) is 60.7 Å². The maximum atomic E-state index is 14.8. The fraction of sp³-hybridized carbons (Fsp3) is 0.486. The second-order valence-corrected chi connectivity index (χ2v) is 14.3. The van der Waals surface area contributed by atoms with E-state index in [0.29, 0.717) is 0 Å². The summed E-state index contributed by atoms with van der Waals surface area (Å²) in [5.41, 5.74) is 5.38. The second-order valence-electron chi connectivity index (χ2n) is 12.9. The van der Waals surface area contributed by atoms with Crippen molar-refractivity contribution in [3.8, 4) is 11.5 Å². The topological polar surface area (TPSA) is 283 Å². The minimum absolute atomic E-state index is 0.0300. The average molecular weight is 870 g/mol. The Morgan fingerprint density at radius 3 is 1.30 bits per heavy atom. The molecule has 2 aliphatic heterocycles. The van der Waals surface area contributed by atoms with E-state index in [1.54, 1.807) is 36.4 Å². The van der Waals surface area contributed by atoms with Crippen LogP contribution < -0.4 is 14.8 Å². The number of para-hydroxylation sites is 2. The van der Waals surface area contributed by atoms with Crippen LogP contribution in [0.5, 0.6) is 11.5 Å². The number of nitrogens with two attached hydrogens (primary N) is 1. The predicted octanol–water partition coefficient (Wildman–Crippen LogP) is 2.42. The number of benzene rings is 2. The molecule has 328 valence electrons. The van der Waals surface area contributed by atoms with Crippen molar-refractivity contribution in [2.75, 3.05) is 13.2 Å². The first-order valence-electron chi connectivity index (χ1n) is 18.0. The molecule has 2 aromatic rings. The smallest absolute Gasteiger partial charge is 0.463 e. The second kappa shape index (κ2) is 21.5. The summed E-state index contributed by atoms with van der Waals surface area (Å²) in [5.74, 6) is -5.65. The van der Waals surface area contributed by atoms with Crippen molar-refractivity contribution in [3.05, 3.63) is 60.7 Å². The fourth-order valence-corrected chi connectivity index (χ4v) is 7.21. The van der Waals surface area contributed by atoms with Gasteiger partial charge in [0, 0.05) is 41.5 Å². The Morgan fingerprint density at radius 1 is 0.517 bits per heavy atom. The van der Waals surface area contributed by atoms with Crippen LogP contribution in [0.3, 0.4) is 0 Å². The van der Waals surface area contributed by atoms with Gasteiger partial charge in [-0.05, 0) is 24.3 Å². The van der Waals surface area contributed by atoms with Crippen LogP contribution in [-0.2, 0) is 85.2 Å². The van der Waals surface area contributed by atoms with E-state index in [0.717, 1.165) is 41.5 Å². The molecule has 0 saturated carbocycles. The number of phosphoric acid groups is 1. The molecular weight excluding hydrogens is 825 g/mol. The lowest BCUT2D eigenvalue weighted by Gasteiger charge is -2.48. The molecule has 60 heavy (non-hydrogen) atoms. The number of esters is 6. The molecule has 1 amide bonds. The van der Waals surface area contributed by atoms with Crippen LogP contribution in [0.4, 0.5) is 4.79 Å². The van der Waals surface area contributed by atoms with Gasteiger partial charge >= 0.3 is 49.7 Å². The van der Waals surface area contributed by atoms with Crippen molar-refractivity contribution in [1.82, 2.24) is 0 Å². The van der Waals surface area contributed by atoms with Gasteiger partial charge in [-0.3, -0.25) is 28.8 Å². The zero-order chi connectivity index (χ0) is 44.1. The van der Waals surface area contributed by atoms with Crippen LogP contribution in [0.25, 0.3) is 0 Å². The number of carbonyl (C=O) groups excluding carboxylic acids is 7. The Morgan fingerprint density at radius 2 is 0.900 bits per heavy atom. The molecule has 2 fully saturated rings. The Labute approximate surface area is 342 Å². The summed E-state index contributed by atoms with van der Waals surface area (Å²) < 4.78 is 88.5. The molecule has 0 aromatic heterocycles. The first kappa shape index (κ1) is 46.9. The van der Waals surface area contributed by atoms with Gasteiger partial charge in [0.1, 0.15) is 36.9 Å². The largest absolute Gasteiger partial charge is 0.590 e. The average Bonchev–Trinajstić information content (AvgIpc) is 3.14. The minimum Gasteiger partial charge on any atom is -0.463 e. The van der Waals surface area contributed by atoms with E-state index >= 15 is 0 Å². The molecule has 0 spiro atoms. The lowest BCUT2D eigenvalue weighted by Crippen LogP contribution is -2.67. The zero-order valence-electron chi connectivity index (χ0n) is 33.1. The van der Waals surface area contributed by atoms with Crippen LogP contribution >= 0.6 is 7.82 Å². The highest BCUT2D eigenvalue weighted by atomic mass is 31.2. The zero-order valence-corrected chi connectivity index (χ0v) is 34.0. The van der Waals surface area contributed by atoms with Crippen molar-refractivity contribution in [2.45, 2.75) is 103 Å². The molecule has 0 aliphatic carbocycles. The summed E-state index contributed by atoms with van der Waals surface area (Å²) in [7, 11) is -5.01. The number of primary amides is 1.